The molecule has 1 atom stereocenters. The Bertz CT molecular complexity index is 476. The molecular weight excluding hydrogens is 240 g/mol. The minimum absolute atomic E-state index is 0.108. The third kappa shape index (κ3) is 2.29. The Kier molecular flexibility index (Phi) is 3.12. The molecule has 0 unspecified atom stereocenters. The summed E-state index contributed by atoms with van der Waals surface area (Å²) in [7, 11) is 0. The van der Waals surface area contributed by atoms with E-state index in [0.717, 1.165) is 31.5 Å². The standard InChI is InChI=1S/C14H20N4O/c1-9-16-11(8-13(15)17-9)12-6-7-18(12)14(19)10-4-2-3-5-10/h8,10,12H,2-7H2,1H3,(H2,15,16,17)/t12-/m1/s1. The first kappa shape index (κ1) is 12.4. The molecular formula is C14H20N4O. The number of nitrogens with two attached hydrogens (primary N) is 1. The number of anilines is 1. The minimum Gasteiger partial charge on any atom is -0.384 e. The molecule has 1 saturated heterocycles. The summed E-state index contributed by atoms with van der Waals surface area (Å²) < 4.78 is 0. The van der Waals surface area contributed by atoms with Gasteiger partial charge in [-0.3, -0.25) is 4.79 Å². The molecule has 5 nitrogen and oxygen atoms in total. The van der Waals surface area contributed by atoms with Crippen molar-refractivity contribution in [3.63, 3.8) is 0 Å². The number of hydrogen-bond donors (Lipinski definition) is 1. The number of carbonyl (C=O) groups is 1. The summed E-state index contributed by atoms with van der Waals surface area (Å²) in [6, 6.07) is 1.91. The maximum absolute atomic E-state index is 12.4. The lowest BCUT2D eigenvalue weighted by atomic mass is 9.95. The van der Waals surface area contributed by atoms with E-state index in [0.29, 0.717) is 17.5 Å². The monoisotopic (exact) mass is 260 g/mol. The number of hydrogen-bond acceptors (Lipinski definition) is 4. The smallest absolute Gasteiger partial charge is 0.226 e. The summed E-state index contributed by atoms with van der Waals surface area (Å²) in [6.07, 6.45) is 5.46. The normalized spacial score (nSPS) is 23.4. The number of likely N-dealkylation sites (tertiary alicyclic amines) is 1. The molecule has 1 aromatic rings. The van der Waals surface area contributed by atoms with Crippen LogP contribution in [0.4, 0.5) is 5.82 Å². The summed E-state index contributed by atoms with van der Waals surface area (Å²) in [5.74, 6) is 1.71. The SMILES string of the molecule is Cc1nc(N)cc([C@H]2CCN2C(=O)C2CCCC2)n1. The fourth-order valence-corrected chi connectivity index (χ4v) is 3.15. The van der Waals surface area contributed by atoms with Crippen molar-refractivity contribution in [2.24, 2.45) is 5.92 Å². The number of nitrogens with zero attached hydrogens (tertiary/aromatic N) is 3. The average Bonchev–Trinajstić information content (AvgIpc) is 2.78. The van der Waals surface area contributed by atoms with Crippen molar-refractivity contribution in [2.75, 3.05) is 12.3 Å². The first-order chi connectivity index (χ1) is 9.15. The molecule has 1 aliphatic heterocycles. The molecule has 2 aliphatic rings. The van der Waals surface area contributed by atoms with Crippen LogP contribution < -0.4 is 5.73 Å². The van der Waals surface area contributed by atoms with Gasteiger partial charge in [-0.1, -0.05) is 12.8 Å². The van der Waals surface area contributed by atoms with Gasteiger partial charge in [0.1, 0.15) is 11.6 Å². The van der Waals surface area contributed by atoms with Crippen molar-refractivity contribution >= 4 is 11.7 Å². The zero-order valence-corrected chi connectivity index (χ0v) is 11.3. The van der Waals surface area contributed by atoms with Gasteiger partial charge in [-0.15, -0.1) is 0 Å². The second-order valence-corrected chi connectivity index (χ2v) is 5.58. The van der Waals surface area contributed by atoms with Crippen molar-refractivity contribution in [3.05, 3.63) is 17.6 Å². The maximum atomic E-state index is 12.4. The van der Waals surface area contributed by atoms with Gasteiger partial charge in [0, 0.05) is 18.5 Å². The number of aromatic nitrogens is 2. The summed E-state index contributed by atoms with van der Waals surface area (Å²) in [5, 5.41) is 0. The summed E-state index contributed by atoms with van der Waals surface area (Å²) in [5.41, 5.74) is 6.66. The van der Waals surface area contributed by atoms with Crippen molar-refractivity contribution in [1.82, 2.24) is 14.9 Å². The van der Waals surface area contributed by atoms with E-state index < -0.39 is 0 Å². The zero-order chi connectivity index (χ0) is 13.4. The van der Waals surface area contributed by atoms with Gasteiger partial charge in [0.2, 0.25) is 5.91 Å². The van der Waals surface area contributed by atoms with Crippen molar-refractivity contribution in [1.29, 1.82) is 0 Å². The van der Waals surface area contributed by atoms with Crippen LogP contribution in [-0.2, 0) is 4.79 Å². The lowest BCUT2D eigenvalue weighted by molar-refractivity contribution is -0.143. The van der Waals surface area contributed by atoms with E-state index in [1.54, 1.807) is 6.07 Å². The molecule has 1 aromatic heterocycles. The van der Waals surface area contributed by atoms with Crippen LogP contribution in [0.3, 0.4) is 0 Å². The summed E-state index contributed by atoms with van der Waals surface area (Å²) in [4.78, 5) is 22.9. The number of carbonyl (C=O) groups excluding carboxylic acids is 1. The predicted octanol–water partition coefficient (Wildman–Crippen LogP) is 1.83. The Labute approximate surface area is 113 Å². The molecule has 2 N–H and O–H groups in total. The van der Waals surface area contributed by atoms with Crippen LogP contribution in [0.25, 0.3) is 0 Å². The van der Waals surface area contributed by atoms with Crippen LogP contribution in [0.2, 0.25) is 0 Å². The van der Waals surface area contributed by atoms with E-state index >= 15 is 0 Å². The number of amides is 1. The lowest BCUT2D eigenvalue weighted by Gasteiger charge is -2.42. The van der Waals surface area contributed by atoms with E-state index in [9.17, 15) is 4.79 Å². The third-order valence-electron chi connectivity index (χ3n) is 4.23. The number of aryl methyl sites for hydroxylation is 1. The molecule has 0 spiro atoms. The summed E-state index contributed by atoms with van der Waals surface area (Å²) >= 11 is 0. The molecule has 2 fully saturated rings. The molecule has 0 bridgehead atoms. The van der Waals surface area contributed by atoms with Gasteiger partial charge in [0.15, 0.2) is 0 Å². The first-order valence-corrected chi connectivity index (χ1v) is 7.06. The maximum Gasteiger partial charge on any atom is 0.226 e. The summed E-state index contributed by atoms with van der Waals surface area (Å²) in [6.45, 7) is 2.69. The Morgan fingerprint density at radius 2 is 2.05 bits per heavy atom. The molecule has 1 saturated carbocycles. The van der Waals surface area contributed by atoms with Crippen LogP contribution in [-0.4, -0.2) is 27.3 Å². The molecule has 3 rings (SSSR count). The topological polar surface area (TPSA) is 72.1 Å². The highest BCUT2D eigenvalue weighted by Gasteiger charge is 2.38. The van der Waals surface area contributed by atoms with Crippen molar-refractivity contribution < 1.29 is 4.79 Å². The minimum atomic E-state index is 0.108. The van der Waals surface area contributed by atoms with E-state index in [4.69, 9.17) is 5.73 Å². The second kappa shape index (κ2) is 4.79. The molecule has 1 amide bonds. The molecule has 2 heterocycles. The Hall–Kier alpha value is -1.65. The molecule has 5 heteroatoms. The molecule has 19 heavy (non-hydrogen) atoms. The second-order valence-electron chi connectivity index (χ2n) is 5.58. The van der Waals surface area contributed by atoms with Crippen LogP contribution in [0.15, 0.2) is 6.07 Å². The Balaban J connectivity index is 1.76. The van der Waals surface area contributed by atoms with Gasteiger partial charge in [0.25, 0.3) is 0 Å². The highest BCUT2D eigenvalue weighted by atomic mass is 16.2. The van der Waals surface area contributed by atoms with Crippen LogP contribution >= 0.6 is 0 Å². The zero-order valence-electron chi connectivity index (χ0n) is 11.3. The van der Waals surface area contributed by atoms with E-state index in [1.807, 2.05) is 11.8 Å². The van der Waals surface area contributed by atoms with Gasteiger partial charge < -0.3 is 10.6 Å². The van der Waals surface area contributed by atoms with Crippen LogP contribution in [0, 0.1) is 12.8 Å². The molecule has 102 valence electrons. The Morgan fingerprint density at radius 3 is 2.63 bits per heavy atom. The van der Waals surface area contributed by atoms with Gasteiger partial charge in [0.05, 0.1) is 11.7 Å². The quantitative estimate of drug-likeness (QED) is 0.880. The largest absolute Gasteiger partial charge is 0.384 e. The number of rotatable bonds is 2. The van der Waals surface area contributed by atoms with Crippen LogP contribution in [0.1, 0.15) is 49.7 Å². The predicted molar refractivity (Wildman–Crippen MR) is 72.2 cm³/mol. The third-order valence-corrected chi connectivity index (χ3v) is 4.23. The van der Waals surface area contributed by atoms with Gasteiger partial charge in [-0.25, -0.2) is 9.97 Å². The number of nitrogen functional groups attached to an aromatic ring is 1. The lowest BCUT2D eigenvalue weighted by Crippen LogP contribution is -2.47. The highest BCUT2D eigenvalue weighted by molar-refractivity contribution is 5.80. The fraction of sp³-hybridized carbons (Fsp3) is 0.643. The average molecular weight is 260 g/mol. The van der Waals surface area contributed by atoms with Crippen molar-refractivity contribution in [2.45, 2.75) is 45.1 Å². The van der Waals surface area contributed by atoms with E-state index in [1.165, 1.54) is 12.8 Å². The van der Waals surface area contributed by atoms with E-state index in [-0.39, 0.29) is 12.0 Å². The fourth-order valence-electron chi connectivity index (χ4n) is 3.15. The van der Waals surface area contributed by atoms with E-state index in [2.05, 4.69) is 9.97 Å². The molecule has 0 aromatic carbocycles. The van der Waals surface area contributed by atoms with Crippen molar-refractivity contribution in [3.8, 4) is 0 Å². The van der Waals surface area contributed by atoms with Gasteiger partial charge >= 0.3 is 0 Å². The van der Waals surface area contributed by atoms with Gasteiger partial charge in [-0.05, 0) is 26.2 Å². The highest BCUT2D eigenvalue weighted by Crippen LogP contribution is 2.37. The Morgan fingerprint density at radius 1 is 1.32 bits per heavy atom. The van der Waals surface area contributed by atoms with Gasteiger partial charge in [-0.2, -0.15) is 0 Å². The molecule has 1 aliphatic carbocycles. The van der Waals surface area contributed by atoms with Crippen LogP contribution in [0.5, 0.6) is 0 Å². The first-order valence-electron chi connectivity index (χ1n) is 7.06. The molecule has 0 radical (unpaired) electrons.